The van der Waals surface area contributed by atoms with Crippen molar-refractivity contribution in [3.63, 3.8) is 0 Å². The van der Waals surface area contributed by atoms with Gasteiger partial charge in [0.1, 0.15) is 0 Å². The quantitative estimate of drug-likeness (QED) is 0.754. The van der Waals surface area contributed by atoms with Crippen molar-refractivity contribution in [1.82, 2.24) is 4.90 Å². The summed E-state index contributed by atoms with van der Waals surface area (Å²) in [4.78, 5) is 15.6. The van der Waals surface area contributed by atoms with Gasteiger partial charge in [0, 0.05) is 0 Å². The van der Waals surface area contributed by atoms with Crippen molar-refractivity contribution in [3.8, 4) is 0 Å². The van der Waals surface area contributed by atoms with Crippen LogP contribution in [0.15, 0.2) is 11.6 Å². The van der Waals surface area contributed by atoms with E-state index in [1.54, 1.807) is 0 Å². The Kier molecular flexibility index (Phi) is 5.83. The average Bonchev–Trinajstić information content (AvgIpc) is 2.46. The van der Waals surface area contributed by atoms with Gasteiger partial charge in [0.25, 0.3) is 0 Å². The third kappa shape index (κ3) is 3.52. The predicted molar refractivity (Wildman–Crippen MR) is 84.9 cm³/mol. The van der Waals surface area contributed by atoms with Gasteiger partial charge in [0.2, 0.25) is 0 Å². The molecule has 1 saturated heterocycles. The molecule has 2 rings (SSSR count). The summed E-state index contributed by atoms with van der Waals surface area (Å²) in [7, 11) is 0. The second kappa shape index (κ2) is 7.40. The molecule has 1 fully saturated rings. The number of nitrogens with zero attached hydrogens (tertiary/aromatic N) is 1. The van der Waals surface area contributed by atoms with E-state index < -0.39 is 0 Å². The molecule has 0 amide bonds. The summed E-state index contributed by atoms with van der Waals surface area (Å²) in [6.07, 6.45) is 14.2. The van der Waals surface area contributed by atoms with Gasteiger partial charge in [0.15, 0.2) is 5.78 Å². The highest BCUT2D eigenvalue weighted by atomic mass is 16.1. The molecule has 0 N–H and O–H groups in total. The summed E-state index contributed by atoms with van der Waals surface area (Å²) < 4.78 is 0. The van der Waals surface area contributed by atoms with Crippen molar-refractivity contribution >= 4 is 5.78 Å². The molecular weight excluding hydrogens is 246 g/mol. The lowest BCUT2D eigenvalue weighted by Crippen LogP contribution is -2.54. The molecule has 0 bridgehead atoms. The number of Topliss-reactive ketones (excluding diaryl/α,β-unsaturated/α-hetero) is 1. The van der Waals surface area contributed by atoms with E-state index in [0.717, 1.165) is 37.9 Å². The van der Waals surface area contributed by atoms with Crippen molar-refractivity contribution in [3.05, 3.63) is 11.6 Å². The van der Waals surface area contributed by atoms with Crippen LogP contribution in [0.4, 0.5) is 0 Å². The number of piperidine rings is 1. The molecule has 1 aliphatic carbocycles. The van der Waals surface area contributed by atoms with Crippen molar-refractivity contribution in [2.24, 2.45) is 0 Å². The molecule has 2 nitrogen and oxygen atoms in total. The number of allylic oxidation sites excluding steroid dienone is 1. The van der Waals surface area contributed by atoms with E-state index in [4.69, 9.17) is 0 Å². The molecule has 0 aromatic carbocycles. The molecule has 0 saturated carbocycles. The molecule has 2 heteroatoms. The van der Waals surface area contributed by atoms with Crippen molar-refractivity contribution in [1.29, 1.82) is 0 Å². The fourth-order valence-corrected chi connectivity index (χ4v) is 3.66. The Morgan fingerprint density at radius 1 is 1.10 bits per heavy atom. The first kappa shape index (κ1) is 15.8. The number of rotatable bonds is 4. The standard InChI is InChI=1S/C18H31NO/c1-3-18(2,19-14-10-7-11-15-19)17(20)16-12-8-5-4-6-9-13-16/h12H,3-11,13-15H2,1-2H3. The fraction of sp³-hybridized carbons (Fsp3) is 0.833. The first-order valence-electron chi connectivity index (χ1n) is 8.67. The zero-order valence-electron chi connectivity index (χ0n) is 13.4. The van der Waals surface area contributed by atoms with Gasteiger partial charge in [-0.05, 0) is 70.5 Å². The number of carbonyl (C=O) groups is 1. The highest BCUT2D eigenvalue weighted by Gasteiger charge is 2.39. The molecule has 1 unspecified atom stereocenters. The highest BCUT2D eigenvalue weighted by Crippen LogP contribution is 2.30. The molecular formula is C18H31NO. The summed E-state index contributed by atoms with van der Waals surface area (Å²) >= 11 is 0. The van der Waals surface area contributed by atoms with Gasteiger partial charge in [-0.2, -0.15) is 0 Å². The molecule has 0 aromatic heterocycles. The molecule has 1 aliphatic heterocycles. The topological polar surface area (TPSA) is 20.3 Å². The lowest BCUT2D eigenvalue weighted by molar-refractivity contribution is -0.127. The number of ketones is 1. The van der Waals surface area contributed by atoms with Crippen LogP contribution >= 0.6 is 0 Å². The molecule has 0 spiro atoms. The maximum Gasteiger partial charge on any atom is 0.178 e. The summed E-state index contributed by atoms with van der Waals surface area (Å²) in [6, 6.07) is 0. The van der Waals surface area contributed by atoms with E-state index in [0.29, 0.717) is 5.78 Å². The Bertz CT molecular complexity index is 354. The predicted octanol–water partition coefficient (Wildman–Crippen LogP) is 4.49. The maximum absolute atomic E-state index is 13.1. The minimum atomic E-state index is -0.258. The van der Waals surface area contributed by atoms with Crippen LogP contribution in [0.1, 0.15) is 78.1 Å². The van der Waals surface area contributed by atoms with E-state index >= 15 is 0 Å². The lowest BCUT2D eigenvalue weighted by atomic mass is 9.82. The molecule has 1 heterocycles. The monoisotopic (exact) mass is 277 g/mol. The van der Waals surface area contributed by atoms with Crippen molar-refractivity contribution < 1.29 is 4.79 Å². The summed E-state index contributed by atoms with van der Waals surface area (Å²) in [5, 5.41) is 0. The normalized spacial score (nSPS) is 25.2. The zero-order chi connectivity index (χ0) is 14.4. The fourth-order valence-electron chi connectivity index (χ4n) is 3.66. The van der Waals surface area contributed by atoms with E-state index in [1.165, 1.54) is 44.9 Å². The van der Waals surface area contributed by atoms with Crippen LogP contribution in [0, 0.1) is 0 Å². The Morgan fingerprint density at radius 2 is 1.75 bits per heavy atom. The largest absolute Gasteiger partial charge is 0.292 e. The number of carbonyl (C=O) groups excluding carboxylic acids is 1. The van der Waals surface area contributed by atoms with E-state index in [-0.39, 0.29) is 5.54 Å². The average molecular weight is 277 g/mol. The van der Waals surface area contributed by atoms with E-state index in [2.05, 4.69) is 24.8 Å². The van der Waals surface area contributed by atoms with Gasteiger partial charge in [-0.25, -0.2) is 0 Å². The second-order valence-electron chi connectivity index (χ2n) is 6.69. The first-order valence-corrected chi connectivity index (χ1v) is 8.67. The molecule has 114 valence electrons. The molecule has 0 radical (unpaired) electrons. The number of hydrogen-bond acceptors (Lipinski definition) is 2. The molecule has 1 atom stereocenters. The summed E-state index contributed by atoms with van der Waals surface area (Å²) in [5.74, 6) is 0.420. The molecule has 2 aliphatic rings. The van der Waals surface area contributed by atoms with Gasteiger partial charge < -0.3 is 0 Å². The third-order valence-corrected chi connectivity index (χ3v) is 5.31. The summed E-state index contributed by atoms with van der Waals surface area (Å²) in [6.45, 7) is 6.56. The first-order chi connectivity index (χ1) is 9.68. The Balaban J connectivity index is 2.13. The van der Waals surface area contributed by atoms with Crippen molar-refractivity contribution in [2.75, 3.05) is 13.1 Å². The van der Waals surface area contributed by atoms with Crippen LogP contribution in [-0.4, -0.2) is 29.3 Å². The SMILES string of the molecule is CCC(C)(C(=O)C1=CCCCCCC1)N1CCCCC1. The second-order valence-corrected chi connectivity index (χ2v) is 6.69. The van der Waals surface area contributed by atoms with E-state index in [9.17, 15) is 4.79 Å². The minimum Gasteiger partial charge on any atom is -0.292 e. The van der Waals surface area contributed by atoms with Crippen molar-refractivity contribution in [2.45, 2.75) is 83.6 Å². The van der Waals surface area contributed by atoms with Crippen LogP contribution < -0.4 is 0 Å². The molecule has 0 aromatic rings. The van der Waals surface area contributed by atoms with Gasteiger partial charge in [-0.1, -0.05) is 32.3 Å². The van der Waals surface area contributed by atoms with Gasteiger partial charge in [-0.15, -0.1) is 0 Å². The Morgan fingerprint density at radius 3 is 2.45 bits per heavy atom. The zero-order valence-corrected chi connectivity index (χ0v) is 13.4. The highest BCUT2D eigenvalue weighted by molar-refractivity contribution is 6.02. The molecule has 20 heavy (non-hydrogen) atoms. The smallest absolute Gasteiger partial charge is 0.178 e. The minimum absolute atomic E-state index is 0.258. The van der Waals surface area contributed by atoms with Crippen LogP contribution in [0.25, 0.3) is 0 Å². The summed E-state index contributed by atoms with van der Waals surface area (Å²) in [5.41, 5.74) is 0.866. The van der Waals surface area contributed by atoms with Gasteiger partial charge >= 0.3 is 0 Å². The van der Waals surface area contributed by atoms with Gasteiger partial charge in [-0.3, -0.25) is 9.69 Å². The van der Waals surface area contributed by atoms with Crippen LogP contribution in [0.2, 0.25) is 0 Å². The van der Waals surface area contributed by atoms with E-state index in [1.807, 2.05) is 0 Å². The van der Waals surface area contributed by atoms with Crippen LogP contribution in [-0.2, 0) is 4.79 Å². The number of hydrogen-bond donors (Lipinski definition) is 0. The van der Waals surface area contributed by atoms with Crippen LogP contribution in [0.5, 0.6) is 0 Å². The third-order valence-electron chi connectivity index (χ3n) is 5.31. The lowest BCUT2D eigenvalue weighted by Gasteiger charge is -2.42. The Hall–Kier alpha value is -0.630. The maximum atomic E-state index is 13.1. The van der Waals surface area contributed by atoms with Gasteiger partial charge in [0.05, 0.1) is 5.54 Å². The van der Waals surface area contributed by atoms with Crippen LogP contribution in [0.3, 0.4) is 0 Å². The Labute approximate surface area is 124 Å². The number of likely N-dealkylation sites (tertiary alicyclic amines) is 1.